The molecule has 0 aliphatic heterocycles. The predicted molar refractivity (Wildman–Crippen MR) is 63.3 cm³/mol. The van der Waals surface area contributed by atoms with Crippen molar-refractivity contribution >= 4 is 0 Å². The SMILES string of the molecule is CC.CC.C[CH-]Oc1[c-]c(C)ccc1.[K+]. The second-order valence-electron chi connectivity index (χ2n) is 2.05. The summed E-state index contributed by atoms with van der Waals surface area (Å²) >= 11 is 0. The van der Waals surface area contributed by atoms with Gasteiger partial charge in [-0.25, -0.2) is 0 Å². The Morgan fingerprint density at radius 2 is 1.67 bits per heavy atom. The van der Waals surface area contributed by atoms with Gasteiger partial charge in [0.15, 0.2) is 0 Å². The third-order valence-electron chi connectivity index (χ3n) is 1.16. The summed E-state index contributed by atoms with van der Waals surface area (Å²) in [6.07, 6.45) is 0. The zero-order valence-corrected chi connectivity index (χ0v) is 14.3. The second kappa shape index (κ2) is 17.1. The molecule has 1 rings (SSSR count). The molecule has 0 radical (unpaired) electrons. The van der Waals surface area contributed by atoms with Gasteiger partial charge < -0.3 is 4.74 Å². The molecule has 0 spiro atoms. The monoisotopic (exact) mass is 233 g/mol. The number of aryl methyl sites for hydroxylation is 1. The summed E-state index contributed by atoms with van der Waals surface area (Å²) in [6.45, 7) is 13.5. The molecule has 0 aliphatic rings. The van der Waals surface area contributed by atoms with Crippen LogP contribution in [0.3, 0.4) is 0 Å². The van der Waals surface area contributed by atoms with Crippen LogP contribution < -0.4 is 56.1 Å². The Morgan fingerprint density at radius 1 is 1.13 bits per heavy atom. The maximum atomic E-state index is 5.11. The minimum Gasteiger partial charge on any atom is -0.680 e. The van der Waals surface area contributed by atoms with E-state index in [2.05, 4.69) is 6.07 Å². The van der Waals surface area contributed by atoms with Gasteiger partial charge in [0.25, 0.3) is 0 Å². The van der Waals surface area contributed by atoms with Crippen molar-refractivity contribution in [2.75, 3.05) is 0 Å². The van der Waals surface area contributed by atoms with Crippen molar-refractivity contribution < 1.29 is 56.1 Å². The van der Waals surface area contributed by atoms with Crippen molar-refractivity contribution in [3.05, 3.63) is 36.4 Å². The van der Waals surface area contributed by atoms with Gasteiger partial charge >= 0.3 is 51.4 Å². The van der Waals surface area contributed by atoms with Crippen LogP contribution in [-0.4, -0.2) is 0 Å². The van der Waals surface area contributed by atoms with Gasteiger partial charge in [0.1, 0.15) is 0 Å². The molecule has 0 saturated heterocycles. The topological polar surface area (TPSA) is 9.23 Å². The van der Waals surface area contributed by atoms with E-state index in [9.17, 15) is 0 Å². The molecular formula is C13H22KO-. The number of benzene rings is 1. The van der Waals surface area contributed by atoms with E-state index in [0.717, 1.165) is 11.3 Å². The van der Waals surface area contributed by atoms with E-state index in [0.29, 0.717) is 0 Å². The molecule has 0 N–H and O–H groups in total. The first-order valence-corrected chi connectivity index (χ1v) is 5.26. The summed E-state index contributed by atoms with van der Waals surface area (Å²) < 4.78 is 5.11. The molecule has 15 heavy (non-hydrogen) atoms. The summed E-state index contributed by atoms with van der Waals surface area (Å²) in [6, 6.07) is 8.87. The molecule has 0 bridgehead atoms. The molecule has 1 aromatic rings. The van der Waals surface area contributed by atoms with E-state index in [1.54, 1.807) is 6.61 Å². The Kier molecular flexibility index (Phi) is 23.9. The Labute approximate surface area is 138 Å². The molecule has 2 heteroatoms. The van der Waals surface area contributed by atoms with Crippen molar-refractivity contribution in [3.63, 3.8) is 0 Å². The molecule has 0 fully saturated rings. The molecule has 0 unspecified atom stereocenters. The Bertz CT molecular complexity index is 211. The van der Waals surface area contributed by atoms with Crippen LogP contribution in [0.1, 0.15) is 40.2 Å². The van der Waals surface area contributed by atoms with Crippen LogP contribution in [0.4, 0.5) is 0 Å². The molecule has 0 aromatic heterocycles. The van der Waals surface area contributed by atoms with E-state index < -0.39 is 0 Å². The number of rotatable bonds is 2. The summed E-state index contributed by atoms with van der Waals surface area (Å²) in [5.74, 6) is 0.780. The fourth-order valence-corrected chi connectivity index (χ4v) is 0.753. The zero-order chi connectivity index (χ0) is 11.4. The van der Waals surface area contributed by atoms with E-state index in [1.807, 2.05) is 59.7 Å². The average Bonchev–Trinajstić information content (AvgIpc) is 2.24. The summed E-state index contributed by atoms with van der Waals surface area (Å²) in [4.78, 5) is 0. The van der Waals surface area contributed by atoms with Crippen LogP contribution in [0.2, 0.25) is 0 Å². The molecule has 0 heterocycles. The first-order valence-electron chi connectivity index (χ1n) is 5.26. The molecule has 0 atom stereocenters. The smallest absolute Gasteiger partial charge is 0.680 e. The minimum absolute atomic E-state index is 0. The third kappa shape index (κ3) is 12.6. The van der Waals surface area contributed by atoms with Crippen molar-refractivity contribution in [2.45, 2.75) is 41.5 Å². The van der Waals surface area contributed by atoms with Gasteiger partial charge in [0.05, 0.1) is 0 Å². The molecule has 1 aromatic carbocycles. The van der Waals surface area contributed by atoms with E-state index in [1.165, 1.54) is 0 Å². The van der Waals surface area contributed by atoms with Gasteiger partial charge in [-0.2, -0.15) is 31.2 Å². The summed E-state index contributed by atoms with van der Waals surface area (Å²) in [5.41, 5.74) is 1.10. The Morgan fingerprint density at radius 3 is 2.07 bits per heavy atom. The number of hydrogen-bond acceptors (Lipinski definition) is 1. The molecule has 82 valence electrons. The molecule has 0 aliphatic carbocycles. The normalized spacial score (nSPS) is 7.07. The van der Waals surface area contributed by atoms with Crippen LogP contribution in [0, 0.1) is 19.6 Å². The third-order valence-corrected chi connectivity index (χ3v) is 1.16. The van der Waals surface area contributed by atoms with Crippen LogP contribution in [-0.2, 0) is 0 Å². The predicted octanol–water partition coefficient (Wildman–Crippen LogP) is 1.41. The van der Waals surface area contributed by atoms with Gasteiger partial charge in [-0.1, -0.05) is 34.6 Å². The first kappa shape index (κ1) is 21.0. The first-order chi connectivity index (χ1) is 6.83. The fraction of sp³-hybridized carbons (Fsp3) is 0.462. The van der Waals surface area contributed by atoms with Gasteiger partial charge in [0, 0.05) is 0 Å². The average molecular weight is 233 g/mol. The standard InChI is InChI=1S/C9H10O.2C2H6.K/c1-3-10-9-6-4-5-8(2)7-9;2*1-2;/h3-6H,1-2H3;2*1-2H3;/q-2;;;+1. The Balaban J connectivity index is -0.000000258. The second-order valence-corrected chi connectivity index (χ2v) is 2.05. The van der Waals surface area contributed by atoms with Gasteiger partial charge in [-0.15, -0.1) is 12.1 Å². The minimum atomic E-state index is 0. The molecular weight excluding hydrogens is 211 g/mol. The van der Waals surface area contributed by atoms with Crippen LogP contribution in [0.25, 0.3) is 0 Å². The molecule has 1 nitrogen and oxygen atoms in total. The van der Waals surface area contributed by atoms with E-state index >= 15 is 0 Å². The summed E-state index contributed by atoms with van der Waals surface area (Å²) in [5, 5.41) is 0. The fourth-order valence-electron chi connectivity index (χ4n) is 0.753. The number of ether oxygens (including phenoxy) is 1. The van der Waals surface area contributed by atoms with Crippen molar-refractivity contribution in [1.82, 2.24) is 0 Å². The zero-order valence-electron chi connectivity index (χ0n) is 11.2. The van der Waals surface area contributed by atoms with Crippen molar-refractivity contribution in [2.24, 2.45) is 0 Å². The maximum Gasteiger partial charge on any atom is 1.00 e. The van der Waals surface area contributed by atoms with Gasteiger partial charge in [-0.05, 0) is 5.75 Å². The van der Waals surface area contributed by atoms with Crippen molar-refractivity contribution in [3.8, 4) is 5.75 Å². The number of hydrogen-bond donors (Lipinski definition) is 0. The molecule has 0 saturated carbocycles. The Hall–Kier alpha value is 0.656. The maximum absolute atomic E-state index is 5.11. The largest absolute Gasteiger partial charge is 1.00 e. The van der Waals surface area contributed by atoms with Gasteiger partial charge in [0.2, 0.25) is 0 Å². The van der Waals surface area contributed by atoms with E-state index in [-0.39, 0.29) is 51.4 Å². The van der Waals surface area contributed by atoms with Crippen LogP contribution in [0.5, 0.6) is 5.75 Å². The van der Waals surface area contributed by atoms with Crippen LogP contribution in [0.15, 0.2) is 18.2 Å². The van der Waals surface area contributed by atoms with E-state index in [4.69, 9.17) is 4.74 Å². The summed E-state index contributed by atoms with van der Waals surface area (Å²) in [7, 11) is 0. The van der Waals surface area contributed by atoms with Gasteiger partial charge in [-0.3, -0.25) is 0 Å². The molecule has 0 amide bonds. The van der Waals surface area contributed by atoms with Crippen molar-refractivity contribution in [1.29, 1.82) is 0 Å². The van der Waals surface area contributed by atoms with Crippen LogP contribution >= 0.6 is 0 Å². The quantitative estimate of drug-likeness (QED) is 0.554.